The van der Waals surface area contributed by atoms with Crippen molar-refractivity contribution in [3.8, 4) is 0 Å². The normalized spacial score (nSPS) is 20.0. The van der Waals surface area contributed by atoms with Crippen molar-refractivity contribution in [2.24, 2.45) is 5.73 Å². The van der Waals surface area contributed by atoms with Crippen LogP contribution >= 0.6 is 11.3 Å². The first-order valence-corrected chi connectivity index (χ1v) is 7.67. The predicted octanol–water partition coefficient (Wildman–Crippen LogP) is 1.18. The van der Waals surface area contributed by atoms with Gasteiger partial charge in [-0.2, -0.15) is 0 Å². The third kappa shape index (κ3) is 3.61. The molecule has 1 fully saturated rings. The van der Waals surface area contributed by atoms with Crippen molar-refractivity contribution in [3.63, 3.8) is 0 Å². The van der Waals surface area contributed by atoms with Crippen LogP contribution in [0.25, 0.3) is 0 Å². The van der Waals surface area contributed by atoms with Gasteiger partial charge >= 0.3 is 0 Å². The number of rotatable bonds is 2. The zero-order valence-electron chi connectivity index (χ0n) is 12.3. The van der Waals surface area contributed by atoms with E-state index in [0.29, 0.717) is 10.7 Å². The number of nitrogens with two attached hydrogens (primary N) is 2. The summed E-state index contributed by atoms with van der Waals surface area (Å²) in [4.78, 5) is 19.1. The number of thiazole rings is 1. The largest absolute Gasteiger partial charge is 0.382 e. The number of aromatic nitrogens is 1. The maximum atomic E-state index is 12.2. The molecule has 2 heterocycles. The molecule has 1 aliphatic rings. The second-order valence-corrected chi connectivity index (χ2v) is 7.24. The summed E-state index contributed by atoms with van der Waals surface area (Å²) in [5.41, 5.74) is 11.6. The molecule has 1 aliphatic heterocycles. The highest BCUT2D eigenvalue weighted by atomic mass is 32.1. The van der Waals surface area contributed by atoms with Crippen molar-refractivity contribution in [2.45, 2.75) is 45.2 Å². The van der Waals surface area contributed by atoms with Gasteiger partial charge in [0, 0.05) is 24.7 Å². The third-order valence-electron chi connectivity index (χ3n) is 3.07. The highest BCUT2D eigenvalue weighted by Gasteiger charge is 2.25. The van der Waals surface area contributed by atoms with E-state index in [9.17, 15) is 4.79 Å². The molecule has 1 aromatic heterocycles. The summed E-state index contributed by atoms with van der Waals surface area (Å²) in [5.74, 6) is 0.131. The Balaban J connectivity index is 2.15. The van der Waals surface area contributed by atoms with Crippen LogP contribution in [-0.4, -0.2) is 35.6 Å². The molecule has 2 rings (SSSR count). The van der Waals surface area contributed by atoms with Crippen LogP contribution in [0.4, 0.5) is 10.9 Å². The number of nitrogen functional groups attached to an aromatic ring is 1. The Morgan fingerprint density at radius 1 is 1.50 bits per heavy atom. The lowest BCUT2D eigenvalue weighted by Gasteiger charge is -2.30. The quantitative estimate of drug-likeness (QED) is 0.761. The lowest BCUT2D eigenvalue weighted by atomic mass is 10.1. The topological polar surface area (TPSA) is 97.3 Å². The number of anilines is 2. The molecule has 5 N–H and O–H groups in total. The molecular formula is C13H23N5OS. The van der Waals surface area contributed by atoms with Crippen molar-refractivity contribution in [3.05, 3.63) is 4.88 Å². The molecule has 0 spiro atoms. The number of carbonyl (C=O) groups is 1. The number of carbonyl (C=O) groups excluding carboxylic acids is 1. The summed E-state index contributed by atoms with van der Waals surface area (Å²) in [6, 6.07) is 0.167. The molecule has 0 aromatic carbocycles. The van der Waals surface area contributed by atoms with Gasteiger partial charge in [-0.05, 0) is 33.6 Å². The van der Waals surface area contributed by atoms with E-state index in [0.717, 1.165) is 31.1 Å². The fourth-order valence-corrected chi connectivity index (χ4v) is 3.11. The fraction of sp³-hybridized carbons (Fsp3) is 0.692. The van der Waals surface area contributed by atoms with Crippen molar-refractivity contribution < 1.29 is 4.79 Å². The van der Waals surface area contributed by atoms with Crippen LogP contribution in [-0.2, 0) is 0 Å². The zero-order valence-corrected chi connectivity index (χ0v) is 13.1. The van der Waals surface area contributed by atoms with Crippen molar-refractivity contribution in [1.82, 2.24) is 10.3 Å². The maximum Gasteiger partial charge on any atom is 0.265 e. The molecule has 0 bridgehead atoms. The summed E-state index contributed by atoms with van der Waals surface area (Å²) in [6.07, 6.45) is 2.08. The van der Waals surface area contributed by atoms with Gasteiger partial charge in [0.1, 0.15) is 10.7 Å². The molecule has 20 heavy (non-hydrogen) atoms. The van der Waals surface area contributed by atoms with Crippen molar-refractivity contribution in [2.75, 3.05) is 23.7 Å². The van der Waals surface area contributed by atoms with E-state index in [1.807, 2.05) is 20.8 Å². The highest BCUT2D eigenvalue weighted by Crippen LogP contribution is 2.30. The SMILES string of the molecule is CC(C)(C)NC(=O)c1sc(N2CCCC(N)C2)nc1N. The Hall–Kier alpha value is -1.34. The van der Waals surface area contributed by atoms with E-state index in [1.54, 1.807) is 0 Å². The number of piperidine rings is 1. The Labute approximate surface area is 123 Å². The maximum absolute atomic E-state index is 12.2. The Morgan fingerprint density at radius 3 is 2.80 bits per heavy atom. The molecule has 7 heteroatoms. The first-order chi connectivity index (χ1) is 9.26. The van der Waals surface area contributed by atoms with Crippen molar-refractivity contribution >= 4 is 28.2 Å². The smallest absolute Gasteiger partial charge is 0.265 e. The summed E-state index contributed by atoms with van der Waals surface area (Å²) >= 11 is 1.34. The minimum absolute atomic E-state index is 0.167. The van der Waals surface area contributed by atoms with Gasteiger partial charge in [-0.1, -0.05) is 11.3 Å². The van der Waals surface area contributed by atoms with Crippen LogP contribution in [0.15, 0.2) is 0 Å². The monoisotopic (exact) mass is 297 g/mol. The van der Waals surface area contributed by atoms with Crippen LogP contribution in [0.3, 0.4) is 0 Å². The molecule has 1 amide bonds. The molecule has 0 radical (unpaired) electrons. The molecular weight excluding hydrogens is 274 g/mol. The first-order valence-electron chi connectivity index (χ1n) is 6.85. The van der Waals surface area contributed by atoms with Crippen LogP contribution in [0.2, 0.25) is 0 Å². The van der Waals surface area contributed by atoms with Crippen LogP contribution in [0.1, 0.15) is 43.3 Å². The minimum atomic E-state index is -0.291. The van der Waals surface area contributed by atoms with Crippen LogP contribution < -0.4 is 21.7 Å². The van der Waals surface area contributed by atoms with Gasteiger partial charge in [0.05, 0.1) is 0 Å². The lowest BCUT2D eigenvalue weighted by molar-refractivity contribution is 0.0924. The molecule has 112 valence electrons. The Morgan fingerprint density at radius 2 is 2.20 bits per heavy atom. The fourth-order valence-electron chi connectivity index (χ4n) is 2.20. The molecule has 1 atom stereocenters. The number of nitrogens with one attached hydrogen (secondary N) is 1. The molecule has 1 unspecified atom stereocenters. The van der Waals surface area contributed by atoms with Gasteiger partial charge in [-0.25, -0.2) is 4.98 Å². The van der Waals surface area contributed by atoms with Gasteiger partial charge in [-0.15, -0.1) is 0 Å². The third-order valence-corrected chi connectivity index (χ3v) is 4.20. The second-order valence-electron chi connectivity index (χ2n) is 6.26. The standard InChI is InChI=1S/C13H23N5OS/c1-13(2,3)17-11(19)9-10(15)16-12(20-9)18-6-4-5-8(14)7-18/h8H,4-7,14-15H2,1-3H3,(H,17,19). The van der Waals surface area contributed by atoms with E-state index in [1.165, 1.54) is 11.3 Å². The van der Waals surface area contributed by atoms with Crippen molar-refractivity contribution in [1.29, 1.82) is 0 Å². The van der Waals surface area contributed by atoms with E-state index in [-0.39, 0.29) is 17.5 Å². The molecule has 6 nitrogen and oxygen atoms in total. The van der Waals surface area contributed by atoms with Gasteiger partial charge < -0.3 is 21.7 Å². The zero-order chi connectivity index (χ0) is 14.9. The van der Waals surface area contributed by atoms with Gasteiger partial charge in [0.25, 0.3) is 5.91 Å². The summed E-state index contributed by atoms with van der Waals surface area (Å²) in [5, 5.41) is 3.70. The summed E-state index contributed by atoms with van der Waals surface area (Å²) in [7, 11) is 0. The molecule has 0 aliphatic carbocycles. The van der Waals surface area contributed by atoms with Crippen LogP contribution in [0.5, 0.6) is 0 Å². The minimum Gasteiger partial charge on any atom is -0.382 e. The number of hydrogen-bond acceptors (Lipinski definition) is 6. The highest BCUT2D eigenvalue weighted by molar-refractivity contribution is 7.18. The van der Waals surface area contributed by atoms with Crippen LogP contribution in [0, 0.1) is 0 Å². The van der Waals surface area contributed by atoms with Gasteiger partial charge in [-0.3, -0.25) is 4.79 Å². The number of nitrogens with zero attached hydrogens (tertiary/aromatic N) is 2. The van der Waals surface area contributed by atoms with E-state index in [4.69, 9.17) is 11.5 Å². The van der Waals surface area contributed by atoms with Gasteiger partial charge in [0.15, 0.2) is 5.13 Å². The lowest BCUT2D eigenvalue weighted by Crippen LogP contribution is -2.42. The molecule has 0 saturated carbocycles. The molecule has 1 saturated heterocycles. The average Bonchev–Trinajstić information content (AvgIpc) is 2.69. The average molecular weight is 297 g/mol. The van der Waals surface area contributed by atoms with Gasteiger partial charge in [0.2, 0.25) is 0 Å². The predicted molar refractivity (Wildman–Crippen MR) is 83.2 cm³/mol. The van der Waals surface area contributed by atoms with E-state index < -0.39 is 0 Å². The summed E-state index contributed by atoms with van der Waals surface area (Å²) < 4.78 is 0. The van der Waals surface area contributed by atoms with E-state index >= 15 is 0 Å². The molecule has 1 aromatic rings. The Kier molecular flexibility index (Phi) is 4.19. The number of amides is 1. The summed E-state index contributed by atoms with van der Waals surface area (Å²) in [6.45, 7) is 7.50. The number of hydrogen-bond donors (Lipinski definition) is 3. The van der Waals surface area contributed by atoms with E-state index in [2.05, 4.69) is 15.2 Å². The second kappa shape index (κ2) is 5.57. The Bertz CT molecular complexity index is 493. The first kappa shape index (κ1) is 15.1.